The van der Waals surface area contributed by atoms with Crippen LogP contribution in [0.15, 0.2) is 42.1 Å². The molecule has 28 heavy (non-hydrogen) atoms. The number of aromatic nitrogens is 2. The molecular formula is C21H26N6O. The molecule has 0 spiro atoms. The zero-order chi connectivity index (χ0) is 20.6. The van der Waals surface area contributed by atoms with Gasteiger partial charge in [0.2, 0.25) is 0 Å². The molecule has 7 heteroatoms. The maximum Gasteiger partial charge on any atom is 0.266 e. The van der Waals surface area contributed by atoms with Gasteiger partial charge < -0.3 is 27.9 Å². The van der Waals surface area contributed by atoms with Crippen LogP contribution in [-0.4, -0.2) is 15.9 Å². The fourth-order valence-corrected chi connectivity index (χ4v) is 3.15. The molecule has 1 amide bonds. The molecule has 1 aromatic heterocycles. The summed E-state index contributed by atoms with van der Waals surface area (Å²) in [5.74, 6) is 0.162. The average molecular weight is 378 g/mol. The highest BCUT2D eigenvalue weighted by atomic mass is 16.1. The van der Waals surface area contributed by atoms with Crippen LogP contribution in [0.25, 0.3) is 27.9 Å². The summed E-state index contributed by atoms with van der Waals surface area (Å²) in [5, 5.41) is 0. The van der Waals surface area contributed by atoms with E-state index in [0.29, 0.717) is 11.3 Å². The number of imidazole rings is 1. The molecule has 9 N–H and O–H groups in total. The van der Waals surface area contributed by atoms with E-state index < -0.39 is 5.91 Å². The lowest BCUT2D eigenvalue weighted by Gasteiger charge is -2.15. The number of rotatable bonds is 4. The van der Waals surface area contributed by atoms with Gasteiger partial charge >= 0.3 is 0 Å². The summed E-state index contributed by atoms with van der Waals surface area (Å²) < 4.78 is 0. The molecule has 0 fully saturated rings. The third kappa shape index (κ3) is 3.78. The van der Waals surface area contributed by atoms with E-state index in [1.54, 1.807) is 6.07 Å². The van der Waals surface area contributed by atoms with Crippen molar-refractivity contribution in [1.82, 2.24) is 9.97 Å². The number of carbonyl (C=O) groups excluding carboxylic acids is 1. The van der Waals surface area contributed by atoms with Crippen LogP contribution in [0, 0.1) is 5.41 Å². The SMILES string of the molecule is CC(C)(C)Cc1nc2ccc(-c3cccc(/C(N)=C(\N)C(N)=O)c3N)cc2[nH]1. The van der Waals surface area contributed by atoms with Crippen molar-refractivity contribution in [3.05, 3.63) is 53.5 Å². The predicted molar refractivity (Wildman–Crippen MR) is 114 cm³/mol. The minimum atomic E-state index is -0.785. The van der Waals surface area contributed by atoms with Gasteiger partial charge in [0.25, 0.3) is 5.91 Å². The summed E-state index contributed by atoms with van der Waals surface area (Å²) in [4.78, 5) is 19.4. The molecule has 2 aromatic carbocycles. The molecule has 1 heterocycles. The van der Waals surface area contributed by atoms with E-state index >= 15 is 0 Å². The molecule has 0 aliphatic heterocycles. The summed E-state index contributed by atoms with van der Waals surface area (Å²) in [6.45, 7) is 6.52. The number of nitrogens with zero attached hydrogens (tertiary/aromatic N) is 1. The number of para-hydroxylation sites is 1. The maximum atomic E-state index is 11.3. The Bertz CT molecular complexity index is 1090. The summed E-state index contributed by atoms with van der Waals surface area (Å²) in [6.07, 6.45) is 0.850. The first kappa shape index (κ1) is 19.3. The third-order valence-corrected chi connectivity index (χ3v) is 4.49. The number of anilines is 1. The van der Waals surface area contributed by atoms with Crippen LogP contribution in [0.2, 0.25) is 0 Å². The highest BCUT2D eigenvalue weighted by molar-refractivity contribution is 6.01. The van der Waals surface area contributed by atoms with Gasteiger partial charge in [-0.3, -0.25) is 4.79 Å². The molecule has 7 nitrogen and oxygen atoms in total. The number of hydrogen-bond acceptors (Lipinski definition) is 5. The third-order valence-electron chi connectivity index (χ3n) is 4.49. The smallest absolute Gasteiger partial charge is 0.266 e. The molecule has 0 saturated heterocycles. The maximum absolute atomic E-state index is 11.3. The van der Waals surface area contributed by atoms with Gasteiger partial charge in [0, 0.05) is 23.2 Å². The molecule has 0 aliphatic rings. The Kier molecular flexibility index (Phi) is 4.77. The number of nitrogens with one attached hydrogen (secondary N) is 1. The minimum absolute atomic E-state index is 0.0712. The molecular weight excluding hydrogens is 352 g/mol. The second kappa shape index (κ2) is 6.92. The van der Waals surface area contributed by atoms with E-state index in [9.17, 15) is 4.79 Å². The van der Waals surface area contributed by atoms with Crippen molar-refractivity contribution in [2.24, 2.45) is 22.6 Å². The van der Waals surface area contributed by atoms with Crippen molar-refractivity contribution in [2.75, 3.05) is 5.73 Å². The van der Waals surface area contributed by atoms with E-state index in [1.165, 1.54) is 0 Å². The zero-order valence-corrected chi connectivity index (χ0v) is 16.3. The highest BCUT2D eigenvalue weighted by Crippen LogP contribution is 2.33. The second-order valence-corrected chi connectivity index (χ2v) is 8.11. The Morgan fingerprint density at radius 3 is 2.46 bits per heavy atom. The number of nitrogen functional groups attached to an aromatic ring is 1. The summed E-state index contributed by atoms with van der Waals surface area (Å²) in [6, 6.07) is 11.3. The Balaban J connectivity index is 2.07. The fraction of sp³-hybridized carbons (Fsp3) is 0.238. The van der Waals surface area contributed by atoms with Gasteiger partial charge in [0.05, 0.1) is 16.7 Å². The standard InChI is InChI=1S/C21H26N6O/c1-21(2,3)10-16-26-14-8-7-11(9-15(14)27-16)12-5-4-6-13(17(12)22)18(23)19(24)20(25)28/h4-9H,10,22-24H2,1-3H3,(H2,25,28)(H,26,27)/b19-18+. The first-order chi connectivity index (χ1) is 13.1. The number of H-pyrrole nitrogens is 1. The first-order valence-electron chi connectivity index (χ1n) is 9.00. The molecule has 0 aliphatic carbocycles. The van der Waals surface area contributed by atoms with Crippen molar-refractivity contribution >= 4 is 28.3 Å². The molecule has 0 saturated carbocycles. The Labute approximate surface area is 163 Å². The molecule has 0 unspecified atom stereocenters. The number of aromatic amines is 1. The lowest BCUT2D eigenvalue weighted by Crippen LogP contribution is -2.24. The average Bonchev–Trinajstić information content (AvgIpc) is 2.99. The topological polar surface area (TPSA) is 150 Å². The van der Waals surface area contributed by atoms with Gasteiger partial charge in [-0.25, -0.2) is 4.98 Å². The summed E-state index contributed by atoms with van der Waals surface area (Å²) in [5.41, 5.74) is 27.7. The highest BCUT2D eigenvalue weighted by Gasteiger charge is 2.16. The summed E-state index contributed by atoms with van der Waals surface area (Å²) in [7, 11) is 0. The number of benzene rings is 2. The number of nitrogens with two attached hydrogens (primary N) is 4. The van der Waals surface area contributed by atoms with Gasteiger partial charge in [0.15, 0.2) is 0 Å². The van der Waals surface area contributed by atoms with E-state index in [0.717, 1.165) is 34.4 Å². The number of primary amides is 1. The van der Waals surface area contributed by atoms with Gasteiger partial charge in [-0.1, -0.05) is 45.0 Å². The van der Waals surface area contributed by atoms with Crippen LogP contribution >= 0.6 is 0 Å². The van der Waals surface area contributed by atoms with Crippen molar-refractivity contribution < 1.29 is 4.79 Å². The molecule has 0 radical (unpaired) electrons. The van der Waals surface area contributed by atoms with Crippen LogP contribution in [0.1, 0.15) is 32.2 Å². The van der Waals surface area contributed by atoms with E-state index in [4.69, 9.17) is 22.9 Å². The van der Waals surface area contributed by atoms with Gasteiger partial charge in [0.1, 0.15) is 11.5 Å². The lowest BCUT2D eigenvalue weighted by molar-refractivity contribution is -0.114. The lowest BCUT2D eigenvalue weighted by atomic mass is 9.92. The van der Waals surface area contributed by atoms with E-state index in [2.05, 4.69) is 30.7 Å². The second-order valence-electron chi connectivity index (χ2n) is 8.11. The summed E-state index contributed by atoms with van der Waals surface area (Å²) >= 11 is 0. The number of amides is 1. The molecule has 0 bridgehead atoms. The Hall–Kier alpha value is -3.48. The van der Waals surface area contributed by atoms with E-state index in [1.807, 2.05) is 30.3 Å². The normalized spacial score (nSPS) is 12.8. The van der Waals surface area contributed by atoms with Gasteiger partial charge in [-0.15, -0.1) is 0 Å². The van der Waals surface area contributed by atoms with Crippen molar-refractivity contribution in [2.45, 2.75) is 27.2 Å². The minimum Gasteiger partial charge on any atom is -0.398 e. The van der Waals surface area contributed by atoms with Crippen molar-refractivity contribution in [3.8, 4) is 11.1 Å². The first-order valence-corrected chi connectivity index (χ1v) is 9.00. The Morgan fingerprint density at radius 2 is 1.82 bits per heavy atom. The molecule has 146 valence electrons. The zero-order valence-electron chi connectivity index (χ0n) is 16.3. The van der Waals surface area contributed by atoms with Gasteiger partial charge in [-0.05, 0) is 23.1 Å². The largest absolute Gasteiger partial charge is 0.398 e. The monoisotopic (exact) mass is 378 g/mol. The number of hydrogen-bond donors (Lipinski definition) is 5. The van der Waals surface area contributed by atoms with Crippen LogP contribution in [0.4, 0.5) is 5.69 Å². The fourth-order valence-electron chi connectivity index (χ4n) is 3.15. The molecule has 0 atom stereocenters. The van der Waals surface area contributed by atoms with Gasteiger partial charge in [-0.2, -0.15) is 0 Å². The number of carbonyl (C=O) groups is 1. The predicted octanol–water partition coefficient (Wildman–Crippen LogP) is 2.47. The molecule has 3 aromatic rings. The quantitative estimate of drug-likeness (QED) is 0.349. The van der Waals surface area contributed by atoms with Crippen molar-refractivity contribution in [3.63, 3.8) is 0 Å². The number of fused-ring (bicyclic) bond motifs is 1. The van der Waals surface area contributed by atoms with E-state index in [-0.39, 0.29) is 16.8 Å². The van der Waals surface area contributed by atoms with Crippen LogP contribution in [0.3, 0.4) is 0 Å². The van der Waals surface area contributed by atoms with Crippen molar-refractivity contribution in [1.29, 1.82) is 0 Å². The molecule has 3 rings (SSSR count). The van der Waals surface area contributed by atoms with Crippen LogP contribution < -0.4 is 22.9 Å². The van der Waals surface area contributed by atoms with Crippen LogP contribution in [-0.2, 0) is 11.2 Å². The van der Waals surface area contributed by atoms with Crippen LogP contribution in [0.5, 0.6) is 0 Å². The Morgan fingerprint density at radius 1 is 1.11 bits per heavy atom.